The van der Waals surface area contributed by atoms with Gasteiger partial charge in [-0.2, -0.15) is 0 Å². The van der Waals surface area contributed by atoms with E-state index in [4.69, 9.17) is 0 Å². The quantitative estimate of drug-likeness (QED) is 0.762. The van der Waals surface area contributed by atoms with Gasteiger partial charge in [0.2, 0.25) is 0 Å². The molecule has 18 heavy (non-hydrogen) atoms. The standard InChI is InChI=1S/C13H15N5/c1-10-6-18-8-11(3-4-13(18)16-10)14-5-12-7-17(2)9-15-12/h3-4,6-9,14H,5H2,1-2H3. The molecule has 0 aliphatic carbocycles. The van der Waals surface area contributed by atoms with Gasteiger partial charge >= 0.3 is 0 Å². The number of aryl methyl sites for hydroxylation is 2. The van der Waals surface area contributed by atoms with E-state index in [-0.39, 0.29) is 0 Å². The lowest BCUT2D eigenvalue weighted by Gasteiger charge is -2.04. The minimum Gasteiger partial charge on any atom is -0.378 e. The summed E-state index contributed by atoms with van der Waals surface area (Å²) in [5.74, 6) is 0. The van der Waals surface area contributed by atoms with Crippen LogP contribution in [0.3, 0.4) is 0 Å². The normalized spacial score (nSPS) is 11.0. The topological polar surface area (TPSA) is 47.1 Å². The minimum absolute atomic E-state index is 0.722. The molecular weight excluding hydrogens is 226 g/mol. The first kappa shape index (κ1) is 10.8. The van der Waals surface area contributed by atoms with E-state index in [1.165, 1.54) is 0 Å². The number of hydrogen-bond acceptors (Lipinski definition) is 3. The Kier molecular flexibility index (Phi) is 2.51. The first-order chi connectivity index (χ1) is 8.70. The molecule has 0 atom stereocenters. The molecule has 0 aromatic carbocycles. The number of pyridine rings is 1. The van der Waals surface area contributed by atoms with Crippen molar-refractivity contribution in [2.75, 3.05) is 5.32 Å². The van der Waals surface area contributed by atoms with Gasteiger partial charge in [0, 0.05) is 25.6 Å². The second kappa shape index (κ2) is 4.18. The maximum absolute atomic E-state index is 4.40. The molecule has 5 heteroatoms. The van der Waals surface area contributed by atoms with Gasteiger partial charge in [0.15, 0.2) is 0 Å². The zero-order valence-corrected chi connectivity index (χ0v) is 10.5. The van der Waals surface area contributed by atoms with Gasteiger partial charge in [-0.15, -0.1) is 0 Å². The van der Waals surface area contributed by atoms with Crippen LogP contribution in [0.5, 0.6) is 0 Å². The number of anilines is 1. The molecule has 3 rings (SSSR count). The summed E-state index contributed by atoms with van der Waals surface area (Å²) in [7, 11) is 1.97. The van der Waals surface area contributed by atoms with Crippen LogP contribution in [0.4, 0.5) is 5.69 Å². The summed E-state index contributed by atoms with van der Waals surface area (Å²) in [5.41, 5.74) is 4.08. The van der Waals surface area contributed by atoms with Crippen molar-refractivity contribution in [2.24, 2.45) is 7.05 Å². The van der Waals surface area contributed by atoms with Gasteiger partial charge in [-0.3, -0.25) is 0 Å². The average molecular weight is 241 g/mol. The van der Waals surface area contributed by atoms with E-state index < -0.39 is 0 Å². The molecule has 92 valence electrons. The molecule has 3 aromatic rings. The van der Waals surface area contributed by atoms with Crippen molar-refractivity contribution in [1.29, 1.82) is 0 Å². The Morgan fingerprint density at radius 3 is 2.89 bits per heavy atom. The highest BCUT2D eigenvalue weighted by molar-refractivity contribution is 5.50. The van der Waals surface area contributed by atoms with Crippen molar-refractivity contribution in [3.05, 3.63) is 48.4 Å². The van der Waals surface area contributed by atoms with Crippen molar-refractivity contribution in [1.82, 2.24) is 18.9 Å². The Hall–Kier alpha value is -2.30. The van der Waals surface area contributed by atoms with Crippen molar-refractivity contribution in [3.63, 3.8) is 0 Å². The summed E-state index contributed by atoms with van der Waals surface area (Å²) < 4.78 is 3.97. The fourth-order valence-electron chi connectivity index (χ4n) is 1.97. The van der Waals surface area contributed by atoms with E-state index >= 15 is 0 Å². The molecule has 0 unspecified atom stereocenters. The third kappa shape index (κ3) is 2.07. The first-order valence-corrected chi connectivity index (χ1v) is 5.87. The van der Waals surface area contributed by atoms with Crippen LogP contribution in [0, 0.1) is 6.92 Å². The van der Waals surface area contributed by atoms with Crippen molar-refractivity contribution in [3.8, 4) is 0 Å². The van der Waals surface area contributed by atoms with Crippen LogP contribution in [0.25, 0.3) is 5.65 Å². The van der Waals surface area contributed by atoms with E-state index in [0.717, 1.165) is 29.3 Å². The summed E-state index contributed by atoms with van der Waals surface area (Å²) in [4.78, 5) is 8.67. The van der Waals surface area contributed by atoms with Crippen LogP contribution in [0.2, 0.25) is 0 Å². The molecule has 0 amide bonds. The molecule has 1 N–H and O–H groups in total. The summed E-state index contributed by atoms with van der Waals surface area (Å²) in [6.07, 6.45) is 7.87. The summed E-state index contributed by atoms with van der Waals surface area (Å²) in [6.45, 7) is 2.72. The molecule has 0 saturated heterocycles. The van der Waals surface area contributed by atoms with Crippen LogP contribution in [-0.4, -0.2) is 18.9 Å². The van der Waals surface area contributed by atoms with Crippen molar-refractivity contribution < 1.29 is 0 Å². The number of nitrogens with zero attached hydrogens (tertiary/aromatic N) is 4. The van der Waals surface area contributed by atoms with E-state index in [9.17, 15) is 0 Å². The molecule has 3 aromatic heterocycles. The Morgan fingerprint density at radius 1 is 1.22 bits per heavy atom. The number of hydrogen-bond donors (Lipinski definition) is 1. The fourth-order valence-corrected chi connectivity index (χ4v) is 1.97. The highest BCUT2D eigenvalue weighted by atomic mass is 15.0. The smallest absolute Gasteiger partial charge is 0.137 e. The van der Waals surface area contributed by atoms with Gasteiger partial charge in [0.05, 0.1) is 29.9 Å². The number of rotatable bonds is 3. The summed E-state index contributed by atoms with van der Waals surface area (Å²) in [5, 5.41) is 3.35. The highest BCUT2D eigenvalue weighted by Crippen LogP contribution is 2.12. The van der Waals surface area contributed by atoms with Crippen molar-refractivity contribution in [2.45, 2.75) is 13.5 Å². The molecule has 0 saturated carbocycles. The van der Waals surface area contributed by atoms with E-state index in [1.807, 2.05) is 53.7 Å². The maximum atomic E-state index is 4.40. The van der Waals surface area contributed by atoms with Gasteiger partial charge in [0.25, 0.3) is 0 Å². The Labute approximate surface area is 105 Å². The van der Waals surface area contributed by atoms with E-state index in [2.05, 4.69) is 15.3 Å². The molecule has 5 nitrogen and oxygen atoms in total. The van der Waals surface area contributed by atoms with E-state index in [0.29, 0.717) is 0 Å². The van der Waals surface area contributed by atoms with Gasteiger partial charge in [0.1, 0.15) is 5.65 Å². The van der Waals surface area contributed by atoms with Crippen LogP contribution in [-0.2, 0) is 13.6 Å². The zero-order chi connectivity index (χ0) is 12.5. The molecule has 0 spiro atoms. The lowest BCUT2D eigenvalue weighted by atomic mass is 10.4. The average Bonchev–Trinajstić information content (AvgIpc) is 2.90. The van der Waals surface area contributed by atoms with Crippen LogP contribution >= 0.6 is 0 Å². The van der Waals surface area contributed by atoms with Gasteiger partial charge < -0.3 is 14.3 Å². The van der Waals surface area contributed by atoms with Crippen LogP contribution in [0.15, 0.2) is 37.1 Å². The zero-order valence-electron chi connectivity index (χ0n) is 10.5. The fraction of sp³-hybridized carbons (Fsp3) is 0.231. The Balaban J connectivity index is 1.78. The predicted molar refractivity (Wildman–Crippen MR) is 70.5 cm³/mol. The van der Waals surface area contributed by atoms with Gasteiger partial charge in [-0.1, -0.05) is 0 Å². The molecule has 0 aliphatic rings. The second-order valence-corrected chi connectivity index (χ2v) is 4.45. The first-order valence-electron chi connectivity index (χ1n) is 5.87. The Morgan fingerprint density at radius 2 is 2.11 bits per heavy atom. The lowest BCUT2D eigenvalue weighted by Crippen LogP contribution is -2.00. The molecular formula is C13H15N5. The monoisotopic (exact) mass is 241 g/mol. The molecule has 0 radical (unpaired) electrons. The number of fused-ring (bicyclic) bond motifs is 1. The summed E-state index contributed by atoms with van der Waals surface area (Å²) >= 11 is 0. The largest absolute Gasteiger partial charge is 0.378 e. The highest BCUT2D eigenvalue weighted by Gasteiger charge is 2.00. The number of aromatic nitrogens is 4. The predicted octanol–water partition coefficient (Wildman–Crippen LogP) is 1.99. The minimum atomic E-state index is 0.722. The second-order valence-electron chi connectivity index (χ2n) is 4.45. The summed E-state index contributed by atoms with van der Waals surface area (Å²) in [6, 6.07) is 4.04. The Bertz CT molecular complexity index is 680. The lowest BCUT2D eigenvalue weighted by molar-refractivity contribution is 0.912. The SMILES string of the molecule is Cc1cn2cc(NCc3cn(C)cn3)ccc2n1. The molecule has 0 fully saturated rings. The maximum Gasteiger partial charge on any atom is 0.137 e. The van der Waals surface area contributed by atoms with Gasteiger partial charge in [-0.25, -0.2) is 9.97 Å². The third-order valence-electron chi connectivity index (χ3n) is 2.80. The van der Waals surface area contributed by atoms with E-state index in [1.54, 1.807) is 6.33 Å². The third-order valence-corrected chi connectivity index (χ3v) is 2.80. The molecule has 0 aliphatic heterocycles. The van der Waals surface area contributed by atoms with Crippen molar-refractivity contribution >= 4 is 11.3 Å². The van der Waals surface area contributed by atoms with Crippen LogP contribution < -0.4 is 5.32 Å². The van der Waals surface area contributed by atoms with Gasteiger partial charge in [-0.05, 0) is 19.1 Å². The number of imidazole rings is 2. The molecule has 0 bridgehead atoms. The molecule has 3 heterocycles. The number of nitrogens with one attached hydrogen (secondary N) is 1. The van der Waals surface area contributed by atoms with Crippen LogP contribution in [0.1, 0.15) is 11.4 Å².